The van der Waals surface area contributed by atoms with Gasteiger partial charge in [-0.3, -0.25) is 20.3 Å². The van der Waals surface area contributed by atoms with Crippen LogP contribution in [0.25, 0.3) is 16.9 Å². The smallest absolute Gasteiger partial charge is 0.337 e. The Labute approximate surface area is 251 Å². The number of carbonyl (C=O) groups is 1. The summed E-state index contributed by atoms with van der Waals surface area (Å²) in [5.41, 5.74) is 4.29. The standard InChI is InChI=1S/C30H24N6O7S/c1-43-23-13-11-20(12-14-23)29-21(19-35(33-29)22-7-3-2-4-8-22)18-31-32-27-16-15-24(17-28(27)36(39)40)44(41,42)34-26-10-6-5-9-25(26)30(37)38/h2-19,32,34H,1H3,(H,37,38)/b31-18-. The summed E-state index contributed by atoms with van der Waals surface area (Å²) in [5, 5.41) is 30.1. The lowest BCUT2D eigenvalue weighted by Gasteiger charge is -2.11. The lowest BCUT2D eigenvalue weighted by atomic mass is 10.1. The molecule has 0 saturated heterocycles. The van der Waals surface area contributed by atoms with Gasteiger partial charge in [0.1, 0.15) is 17.1 Å². The first-order chi connectivity index (χ1) is 21.2. The van der Waals surface area contributed by atoms with Crippen LogP contribution in [0.1, 0.15) is 15.9 Å². The molecule has 5 aromatic rings. The number of methoxy groups -OCH3 is 1. The zero-order valence-corrected chi connectivity index (χ0v) is 23.8. The molecule has 5 rings (SSSR count). The summed E-state index contributed by atoms with van der Waals surface area (Å²) in [6.45, 7) is 0. The van der Waals surface area contributed by atoms with Crippen LogP contribution in [0.3, 0.4) is 0 Å². The maximum atomic E-state index is 13.0. The maximum Gasteiger partial charge on any atom is 0.337 e. The number of aromatic carboxylic acids is 1. The van der Waals surface area contributed by atoms with Crippen LogP contribution in [0, 0.1) is 10.1 Å². The lowest BCUT2D eigenvalue weighted by Crippen LogP contribution is -2.16. The predicted molar refractivity (Wildman–Crippen MR) is 164 cm³/mol. The summed E-state index contributed by atoms with van der Waals surface area (Å²) in [6.07, 6.45) is 3.20. The van der Waals surface area contributed by atoms with Crippen LogP contribution in [0.5, 0.6) is 5.75 Å². The topological polar surface area (TPSA) is 178 Å². The van der Waals surface area contributed by atoms with Gasteiger partial charge in [-0.2, -0.15) is 10.2 Å². The van der Waals surface area contributed by atoms with Gasteiger partial charge in [0, 0.05) is 23.4 Å². The van der Waals surface area contributed by atoms with Crippen molar-refractivity contribution in [2.75, 3.05) is 17.3 Å². The number of carboxylic acid groups (broad SMARTS) is 1. The van der Waals surface area contributed by atoms with Crippen molar-refractivity contribution < 1.29 is 28.0 Å². The van der Waals surface area contributed by atoms with Gasteiger partial charge in [0.2, 0.25) is 0 Å². The van der Waals surface area contributed by atoms with Gasteiger partial charge < -0.3 is 9.84 Å². The highest BCUT2D eigenvalue weighted by Gasteiger charge is 2.23. The fourth-order valence-corrected chi connectivity index (χ4v) is 5.33. The van der Waals surface area contributed by atoms with Crippen molar-refractivity contribution in [3.8, 4) is 22.7 Å². The molecule has 1 heterocycles. The number of hydrogen-bond acceptors (Lipinski definition) is 9. The molecule has 0 radical (unpaired) electrons. The normalized spacial score (nSPS) is 11.3. The van der Waals surface area contributed by atoms with Crippen LogP contribution >= 0.6 is 0 Å². The lowest BCUT2D eigenvalue weighted by molar-refractivity contribution is -0.384. The van der Waals surface area contributed by atoms with Crippen LogP contribution in [0.15, 0.2) is 113 Å². The minimum absolute atomic E-state index is 0.0717. The molecule has 4 aromatic carbocycles. The molecule has 0 fully saturated rings. The highest BCUT2D eigenvalue weighted by atomic mass is 32.2. The van der Waals surface area contributed by atoms with E-state index in [1.807, 2.05) is 42.5 Å². The van der Waals surface area contributed by atoms with Crippen molar-refractivity contribution in [3.63, 3.8) is 0 Å². The molecular weight excluding hydrogens is 588 g/mol. The molecule has 0 bridgehead atoms. The molecule has 0 aliphatic heterocycles. The molecule has 0 saturated carbocycles. The van der Waals surface area contributed by atoms with E-state index in [1.165, 1.54) is 36.5 Å². The van der Waals surface area contributed by atoms with E-state index in [4.69, 9.17) is 9.84 Å². The number of aromatic nitrogens is 2. The van der Waals surface area contributed by atoms with E-state index >= 15 is 0 Å². The molecule has 14 heteroatoms. The molecule has 0 aliphatic carbocycles. The molecule has 0 atom stereocenters. The molecule has 222 valence electrons. The molecule has 0 amide bonds. The summed E-state index contributed by atoms with van der Waals surface area (Å²) < 4.78 is 35.1. The Kier molecular flexibility index (Phi) is 8.35. The molecule has 0 aliphatic rings. The monoisotopic (exact) mass is 612 g/mol. The number of nitro benzene ring substituents is 1. The SMILES string of the molecule is COc1ccc(-c2nn(-c3ccccc3)cc2/C=N\Nc2ccc(S(=O)(=O)Nc3ccccc3C(=O)O)cc2[N+](=O)[O-])cc1. The van der Waals surface area contributed by atoms with Crippen LogP contribution in [-0.2, 0) is 10.0 Å². The number of nitro groups is 1. The number of benzene rings is 4. The first kappa shape index (κ1) is 29.5. The zero-order valence-electron chi connectivity index (χ0n) is 23.0. The Balaban J connectivity index is 1.44. The number of rotatable bonds is 11. The zero-order chi connectivity index (χ0) is 31.3. The largest absolute Gasteiger partial charge is 0.497 e. The second-order valence-corrected chi connectivity index (χ2v) is 10.9. The van der Waals surface area contributed by atoms with Crippen molar-refractivity contribution in [3.05, 3.63) is 124 Å². The van der Waals surface area contributed by atoms with Gasteiger partial charge in [-0.25, -0.2) is 17.9 Å². The Morgan fingerprint density at radius 3 is 2.39 bits per heavy atom. The highest BCUT2D eigenvalue weighted by molar-refractivity contribution is 7.92. The molecule has 13 nitrogen and oxygen atoms in total. The molecule has 0 spiro atoms. The number of hydrazone groups is 1. The number of anilines is 2. The number of sulfonamides is 1. The summed E-state index contributed by atoms with van der Waals surface area (Å²) in [6, 6.07) is 25.3. The van der Waals surface area contributed by atoms with Crippen LogP contribution < -0.4 is 14.9 Å². The third-order valence-corrected chi connectivity index (χ3v) is 7.76. The minimum Gasteiger partial charge on any atom is -0.497 e. The van der Waals surface area contributed by atoms with Gasteiger partial charge in [0.05, 0.1) is 40.1 Å². The number of carboxylic acids is 1. The Bertz CT molecular complexity index is 1980. The second kappa shape index (κ2) is 12.5. The van der Waals surface area contributed by atoms with Gasteiger partial charge in [-0.15, -0.1) is 0 Å². The van der Waals surface area contributed by atoms with Gasteiger partial charge >= 0.3 is 5.97 Å². The van der Waals surface area contributed by atoms with E-state index in [2.05, 4.69) is 15.2 Å². The van der Waals surface area contributed by atoms with Crippen molar-refractivity contribution in [1.29, 1.82) is 0 Å². The first-order valence-electron chi connectivity index (χ1n) is 12.9. The number of nitrogens with zero attached hydrogens (tertiary/aromatic N) is 4. The molecule has 3 N–H and O–H groups in total. The van der Waals surface area contributed by atoms with Gasteiger partial charge in [0.15, 0.2) is 0 Å². The Morgan fingerprint density at radius 1 is 1.00 bits per heavy atom. The Hall–Kier alpha value is -6.02. The van der Waals surface area contributed by atoms with Crippen molar-refractivity contribution in [1.82, 2.24) is 9.78 Å². The molecule has 44 heavy (non-hydrogen) atoms. The second-order valence-electron chi connectivity index (χ2n) is 9.20. The number of para-hydroxylation sites is 2. The summed E-state index contributed by atoms with van der Waals surface area (Å²) in [5.74, 6) is -0.664. The molecule has 1 aromatic heterocycles. The highest BCUT2D eigenvalue weighted by Crippen LogP contribution is 2.30. The van der Waals surface area contributed by atoms with Gasteiger partial charge in [-0.1, -0.05) is 30.3 Å². The average Bonchev–Trinajstić information content (AvgIpc) is 3.45. The third-order valence-electron chi connectivity index (χ3n) is 6.39. The summed E-state index contributed by atoms with van der Waals surface area (Å²) >= 11 is 0. The summed E-state index contributed by atoms with van der Waals surface area (Å²) in [7, 11) is -2.81. The summed E-state index contributed by atoms with van der Waals surface area (Å²) in [4.78, 5) is 22.2. The Morgan fingerprint density at radius 2 is 1.70 bits per heavy atom. The van der Waals surface area contributed by atoms with Crippen molar-refractivity contribution in [2.24, 2.45) is 5.10 Å². The fraction of sp³-hybridized carbons (Fsp3) is 0.0333. The van der Waals surface area contributed by atoms with Crippen LogP contribution in [-0.4, -0.2) is 47.5 Å². The average molecular weight is 613 g/mol. The third kappa shape index (κ3) is 6.39. The van der Waals surface area contributed by atoms with E-state index in [9.17, 15) is 28.4 Å². The van der Waals surface area contributed by atoms with Crippen LogP contribution in [0.4, 0.5) is 17.1 Å². The molecular formula is C30H24N6O7S. The van der Waals surface area contributed by atoms with Gasteiger partial charge in [0.25, 0.3) is 15.7 Å². The minimum atomic E-state index is -4.37. The van der Waals surface area contributed by atoms with E-state index in [0.29, 0.717) is 17.0 Å². The predicted octanol–water partition coefficient (Wildman–Crippen LogP) is 5.40. The fourth-order valence-electron chi connectivity index (χ4n) is 4.23. The molecule has 0 unspecified atom stereocenters. The number of ether oxygens (including phenoxy) is 1. The van der Waals surface area contributed by atoms with Crippen molar-refractivity contribution in [2.45, 2.75) is 4.90 Å². The number of nitrogens with one attached hydrogen (secondary N) is 2. The van der Waals surface area contributed by atoms with E-state index in [0.717, 1.165) is 23.4 Å². The first-order valence-corrected chi connectivity index (χ1v) is 14.4. The maximum absolute atomic E-state index is 13.0. The number of hydrogen-bond donors (Lipinski definition) is 3. The van der Waals surface area contributed by atoms with Crippen molar-refractivity contribution >= 4 is 39.3 Å². The van der Waals surface area contributed by atoms with Gasteiger partial charge in [-0.05, 0) is 60.7 Å². The quantitative estimate of drug-likeness (QED) is 0.100. The van der Waals surface area contributed by atoms with E-state index in [-0.39, 0.29) is 16.9 Å². The van der Waals surface area contributed by atoms with E-state index in [1.54, 1.807) is 30.1 Å². The van der Waals surface area contributed by atoms with Crippen LogP contribution in [0.2, 0.25) is 0 Å². The van der Waals surface area contributed by atoms with E-state index < -0.39 is 31.5 Å².